The third kappa shape index (κ3) is 4.33. The second-order valence-corrected chi connectivity index (χ2v) is 11.1. The molecule has 1 saturated heterocycles. The zero-order valence-corrected chi connectivity index (χ0v) is 14.7. The minimum atomic E-state index is -3.53. The molecule has 0 aromatic heterocycles. The summed E-state index contributed by atoms with van der Waals surface area (Å²) < 4.78 is 50.9. The number of alkyl halides is 1. The molecule has 1 aliphatic carbocycles. The smallest absolute Gasteiger partial charge is 0.215 e. The number of hydrogen-bond acceptors (Lipinski definition) is 4. The van der Waals surface area contributed by atoms with E-state index in [4.69, 9.17) is 11.6 Å². The highest BCUT2D eigenvalue weighted by molar-refractivity contribution is 7.92. The van der Waals surface area contributed by atoms with Gasteiger partial charge in [-0.15, -0.1) is 11.6 Å². The van der Waals surface area contributed by atoms with Gasteiger partial charge in [-0.3, -0.25) is 0 Å². The topological polar surface area (TPSA) is 80.3 Å². The van der Waals surface area contributed by atoms with Crippen molar-refractivity contribution in [2.75, 3.05) is 17.4 Å². The van der Waals surface area contributed by atoms with Gasteiger partial charge in [0.2, 0.25) is 10.0 Å². The van der Waals surface area contributed by atoms with Crippen LogP contribution in [0.25, 0.3) is 0 Å². The molecule has 2 atom stereocenters. The maximum absolute atomic E-state index is 12.6. The number of halogens is 1. The van der Waals surface area contributed by atoms with Gasteiger partial charge in [0.15, 0.2) is 0 Å². The fourth-order valence-corrected chi connectivity index (χ4v) is 7.53. The van der Waals surface area contributed by atoms with Crippen LogP contribution in [-0.4, -0.2) is 45.0 Å². The Morgan fingerprint density at radius 2 is 1.86 bits per heavy atom. The van der Waals surface area contributed by atoms with Crippen molar-refractivity contribution >= 4 is 31.5 Å². The fraction of sp³-hybridized carbons (Fsp3) is 1.00. The lowest BCUT2D eigenvalue weighted by molar-refractivity contribution is 0.238. The molecule has 21 heavy (non-hydrogen) atoms. The van der Waals surface area contributed by atoms with Gasteiger partial charge in [0.25, 0.3) is 0 Å². The molecule has 2 aliphatic rings. The molecule has 124 valence electrons. The average Bonchev–Trinajstić information content (AvgIpc) is 2.37. The first kappa shape index (κ1) is 17.5. The normalized spacial score (nSPS) is 34.7. The first-order valence-electron chi connectivity index (χ1n) is 7.47. The van der Waals surface area contributed by atoms with E-state index in [0.717, 1.165) is 25.7 Å². The predicted molar refractivity (Wildman–Crippen MR) is 84.8 cm³/mol. The molecular weight excluding hydrogens is 334 g/mol. The van der Waals surface area contributed by atoms with E-state index < -0.39 is 30.6 Å². The molecule has 0 aromatic carbocycles. The van der Waals surface area contributed by atoms with Crippen LogP contribution in [0.3, 0.4) is 0 Å². The van der Waals surface area contributed by atoms with Gasteiger partial charge in [0.05, 0.1) is 16.8 Å². The molecule has 0 amide bonds. The third-order valence-electron chi connectivity index (χ3n) is 4.65. The van der Waals surface area contributed by atoms with Gasteiger partial charge in [-0.25, -0.2) is 21.6 Å². The molecule has 0 bridgehead atoms. The molecule has 2 rings (SSSR count). The van der Waals surface area contributed by atoms with Gasteiger partial charge in [0.1, 0.15) is 9.84 Å². The van der Waals surface area contributed by atoms with E-state index in [0.29, 0.717) is 5.92 Å². The zero-order valence-electron chi connectivity index (χ0n) is 12.3. The van der Waals surface area contributed by atoms with Crippen LogP contribution >= 0.6 is 11.6 Å². The van der Waals surface area contributed by atoms with Gasteiger partial charge in [-0.1, -0.05) is 19.8 Å². The molecule has 0 radical (unpaired) electrons. The Hall–Kier alpha value is 0.150. The standard InChI is InChI=1S/C13H24ClNO4S2/c1-11-3-2-6-13(9-11,10-14)15-21(18,19)12-4-7-20(16,17)8-5-12/h11-12,15H,2-10H2,1H3. The Morgan fingerprint density at radius 3 is 2.38 bits per heavy atom. The molecule has 2 fully saturated rings. The van der Waals surface area contributed by atoms with Gasteiger partial charge < -0.3 is 0 Å². The minimum absolute atomic E-state index is 0.0388. The molecule has 8 heteroatoms. The van der Waals surface area contributed by atoms with Crippen molar-refractivity contribution in [2.45, 2.75) is 56.2 Å². The van der Waals surface area contributed by atoms with Gasteiger partial charge in [-0.05, 0) is 31.6 Å². The fourth-order valence-electron chi connectivity index (χ4n) is 3.47. The minimum Gasteiger partial charge on any atom is -0.229 e. The summed E-state index contributed by atoms with van der Waals surface area (Å²) in [4.78, 5) is 0. The first-order valence-corrected chi connectivity index (χ1v) is 11.4. The molecule has 1 saturated carbocycles. The van der Waals surface area contributed by atoms with E-state index in [1.54, 1.807) is 0 Å². The van der Waals surface area contributed by atoms with E-state index >= 15 is 0 Å². The average molecular weight is 358 g/mol. The Morgan fingerprint density at radius 1 is 1.24 bits per heavy atom. The maximum atomic E-state index is 12.6. The number of sulfonamides is 1. The summed E-state index contributed by atoms with van der Waals surface area (Å²) in [5.41, 5.74) is -0.561. The van der Waals surface area contributed by atoms with Crippen LogP contribution in [0.4, 0.5) is 0 Å². The van der Waals surface area contributed by atoms with Crippen molar-refractivity contribution in [2.24, 2.45) is 5.92 Å². The summed E-state index contributed by atoms with van der Waals surface area (Å²) in [5, 5.41) is -0.613. The summed E-state index contributed by atoms with van der Waals surface area (Å²) in [7, 11) is -6.58. The largest absolute Gasteiger partial charge is 0.229 e. The van der Waals surface area contributed by atoms with Crippen molar-refractivity contribution < 1.29 is 16.8 Å². The lowest BCUT2D eigenvalue weighted by atomic mass is 9.78. The highest BCUT2D eigenvalue weighted by Crippen LogP contribution is 2.34. The summed E-state index contributed by atoms with van der Waals surface area (Å²) in [6.07, 6.45) is 3.94. The van der Waals surface area contributed by atoms with Crippen LogP contribution in [0, 0.1) is 5.92 Å². The third-order valence-corrected chi connectivity index (χ3v) is 8.94. The van der Waals surface area contributed by atoms with Crippen LogP contribution in [0.5, 0.6) is 0 Å². The molecule has 2 unspecified atom stereocenters. The number of rotatable bonds is 4. The van der Waals surface area contributed by atoms with Crippen LogP contribution in [0.15, 0.2) is 0 Å². The lowest BCUT2D eigenvalue weighted by Gasteiger charge is -2.40. The molecule has 5 nitrogen and oxygen atoms in total. The predicted octanol–water partition coefficient (Wildman–Crippen LogP) is 1.67. The lowest BCUT2D eigenvalue weighted by Crippen LogP contribution is -2.55. The second-order valence-electron chi connectivity index (χ2n) is 6.61. The molecule has 1 N–H and O–H groups in total. The summed E-state index contributed by atoms with van der Waals surface area (Å²) in [6.45, 7) is 2.11. The highest BCUT2D eigenvalue weighted by Gasteiger charge is 2.41. The summed E-state index contributed by atoms with van der Waals surface area (Å²) in [5.74, 6) is 0.639. The quantitative estimate of drug-likeness (QED) is 0.776. The van der Waals surface area contributed by atoms with Crippen molar-refractivity contribution in [1.29, 1.82) is 0 Å². The Kier molecular flexibility index (Phi) is 5.28. The molecule has 0 spiro atoms. The molecule has 1 aliphatic heterocycles. The molecule has 0 aromatic rings. The van der Waals surface area contributed by atoms with Crippen molar-refractivity contribution in [3.05, 3.63) is 0 Å². The monoisotopic (exact) mass is 357 g/mol. The van der Waals surface area contributed by atoms with Crippen LogP contribution in [-0.2, 0) is 19.9 Å². The zero-order chi connectivity index (χ0) is 15.7. The Labute approximate surface area is 132 Å². The number of nitrogens with one attached hydrogen (secondary N) is 1. The van der Waals surface area contributed by atoms with E-state index in [1.165, 1.54) is 0 Å². The summed E-state index contributed by atoms with van der Waals surface area (Å²) >= 11 is 6.07. The van der Waals surface area contributed by atoms with E-state index in [9.17, 15) is 16.8 Å². The van der Waals surface area contributed by atoms with E-state index in [2.05, 4.69) is 11.6 Å². The number of sulfone groups is 1. The SMILES string of the molecule is CC1CCCC(CCl)(NS(=O)(=O)C2CCS(=O)(=O)CC2)C1. The van der Waals surface area contributed by atoms with E-state index in [1.807, 2.05) is 0 Å². The van der Waals surface area contributed by atoms with Crippen LogP contribution in [0.2, 0.25) is 0 Å². The highest BCUT2D eigenvalue weighted by atomic mass is 35.5. The first-order chi connectivity index (χ1) is 9.68. The van der Waals surface area contributed by atoms with Gasteiger partial charge >= 0.3 is 0 Å². The number of hydrogen-bond donors (Lipinski definition) is 1. The molecule has 1 heterocycles. The van der Waals surface area contributed by atoms with Crippen LogP contribution < -0.4 is 4.72 Å². The molecular formula is C13H24ClNO4S2. The van der Waals surface area contributed by atoms with Crippen molar-refractivity contribution in [3.8, 4) is 0 Å². The van der Waals surface area contributed by atoms with Gasteiger partial charge in [0, 0.05) is 11.4 Å². The van der Waals surface area contributed by atoms with E-state index in [-0.39, 0.29) is 30.2 Å². The van der Waals surface area contributed by atoms with Crippen molar-refractivity contribution in [3.63, 3.8) is 0 Å². The Balaban J connectivity index is 2.09. The summed E-state index contributed by atoms with van der Waals surface area (Å²) in [6, 6.07) is 0. The van der Waals surface area contributed by atoms with Gasteiger partial charge in [-0.2, -0.15) is 0 Å². The van der Waals surface area contributed by atoms with Crippen LogP contribution in [0.1, 0.15) is 45.4 Å². The van der Waals surface area contributed by atoms with Crippen molar-refractivity contribution in [1.82, 2.24) is 4.72 Å². The maximum Gasteiger partial charge on any atom is 0.215 e. The Bertz CT molecular complexity index is 561. The second kappa shape index (κ2) is 6.34.